The average molecular weight is 472 g/mol. The molecule has 7 nitrogen and oxygen atoms in total. The first-order valence-corrected chi connectivity index (χ1v) is 12.1. The summed E-state index contributed by atoms with van der Waals surface area (Å²) in [6, 6.07) is 7.95. The molecule has 1 aromatic carbocycles. The fourth-order valence-corrected chi connectivity index (χ4v) is 5.64. The smallest absolute Gasteiger partial charge is 0.266 e. The maximum atomic E-state index is 13.0. The Balaban J connectivity index is 1.39. The number of ether oxygens (including phenoxy) is 2. The van der Waals surface area contributed by atoms with Gasteiger partial charge in [-0.2, -0.15) is 0 Å². The number of nitrogens with zero attached hydrogens (tertiary/aromatic N) is 3. The second kappa shape index (κ2) is 9.35. The molecule has 0 bridgehead atoms. The molecular weight excluding hydrogens is 446 g/mol. The molecule has 2 amide bonds. The minimum Gasteiger partial charge on any atom is -0.378 e. The number of hydrogen-bond acceptors (Lipinski definition) is 6. The van der Waals surface area contributed by atoms with Crippen LogP contribution < -0.4 is 0 Å². The van der Waals surface area contributed by atoms with E-state index in [-0.39, 0.29) is 24.5 Å². The highest BCUT2D eigenvalue weighted by Gasteiger charge is 2.34. The Morgan fingerprint density at radius 1 is 1.22 bits per heavy atom. The Labute approximate surface area is 196 Å². The summed E-state index contributed by atoms with van der Waals surface area (Å²) in [5, 5.41) is 1.01. The molecule has 3 fully saturated rings. The topological polar surface area (TPSA) is 64.0 Å². The van der Waals surface area contributed by atoms with Gasteiger partial charge in [-0.05, 0) is 25.0 Å². The molecule has 0 aliphatic carbocycles. The number of morpholine rings is 1. The average Bonchev–Trinajstić information content (AvgIpc) is 3.51. The molecule has 0 saturated carbocycles. The van der Waals surface area contributed by atoms with Crippen LogP contribution in [-0.4, -0.2) is 76.1 Å². The van der Waals surface area contributed by atoms with Gasteiger partial charge in [-0.15, -0.1) is 0 Å². The number of fused-ring (bicyclic) bond motifs is 1. The Morgan fingerprint density at radius 2 is 2.03 bits per heavy atom. The third kappa shape index (κ3) is 4.34. The number of carbonyl (C=O) groups is 2. The van der Waals surface area contributed by atoms with Crippen LogP contribution >= 0.6 is 24.0 Å². The third-order valence-corrected chi connectivity index (χ3v) is 7.44. The summed E-state index contributed by atoms with van der Waals surface area (Å²) in [6.07, 6.45) is 5.89. The zero-order valence-corrected chi connectivity index (χ0v) is 19.3. The first-order valence-electron chi connectivity index (χ1n) is 10.9. The summed E-state index contributed by atoms with van der Waals surface area (Å²) in [4.78, 5) is 30.0. The minimum absolute atomic E-state index is 0.0602. The highest BCUT2D eigenvalue weighted by Crippen LogP contribution is 2.35. The number of para-hydroxylation sites is 1. The molecule has 32 heavy (non-hydrogen) atoms. The highest BCUT2D eigenvalue weighted by atomic mass is 32.2. The SMILES string of the molecule is O=C(Cn1cc(/C=C2\SC(=S)N(CC3CCCO3)C2=O)c2ccccc21)N1CCOCC1. The largest absolute Gasteiger partial charge is 0.378 e. The molecule has 4 heterocycles. The summed E-state index contributed by atoms with van der Waals surface area (Å²) >= 11 is 6.81. The van der Waals surface area contributed by atoms with E-state index in [2.05, 4.69) is 0 Å². The number of benzene rings is 1. The van der Waals surface area contributed by atoms with Crippen molar-refractivity contribution in [3.05, 3.63) is 40.9 Å². The molecule has 1 atom stereocenters. The van der Waals surface area contributed by atoms with E-state index in [1.165, 1.54) is 11.8 Å². The molecule has 0 spiro atoms. The fraction of sp³-hybridized carbons (Fsp3) is 0.435. The number of hydrogen-bond donors (Lipinski definition) is 0. The van der Waals surface area contributed by atoms with Gasteiger partial charge in [-0.25, -0.2) is 0 Å². The lowest BCUT2D eigenvalue weighted by atomic mass is 10.1. The van der Waals surface area contributed by atoms with E-state index in [4.69, 9.17) is 21.7 Å². The summed E-state index contributed by atoms with van der Waals surface area (Å²) < 4.78 is 13.6. The lowest BCUT2D eigenvalue weighted by Crippen LogP contribution is -2.42. The van der Waals surface area contributed by atoms with Gasteiger partial charge in [-0.1, -0.05) is 42.2 Å². The molecule has 0 N–H and O–H groups in total. The van der Waals surface area contributed by atoms with Gasteiger partial charge in [0.2, 0.25) is 5.91 Å². The van der Waals surface area contributed by atoms with E-state index in [9.17, 15) is 9.59 Å². The zero-order chi connectivity index (χ0) is 22.1. The molecule has 1 aromatic heterocycles. The van der Waals surface area contributed by atoms with Crippen molar-refractivity contribution < 1.29 is 19.1 Å². The number of amides is 2. The normalized spacial score (nSPS) is 23.1. The van der Waals surface area contributed by atoms with Gasteiger partial charge in [0.1, 0.15) is 10.9 Å². The maximum Gasteiger partial charge on any atom is 0.266 e. The molecule has 3 saturated heterocycles. The van der Waals surface area contributed by atoms with E-state index >= 15 is 0 Å². The van der Waals surface area contributed by atoms with E-state index in [1.54, 1.807) is 4.90 Å². The highest BCUT2D eigenvalue weighted by molar-refractivity contribution is 8.26. The lowest BCUT2D eigenvalue weighted by Gasteiger charge is -2.27. The van der Waals surface area contributed by atoms with Crippen molar-refractivity contribution in [2.24, 2.45) is 0 Å². The van der Waals surface area contributed by atoms with Crippen molar-refractivity contribution in [3.63, 3.8) is 0 Å². The van der Waals surface area contributed by atoms with Crippen LogP contribution in [0.1, 0.15) is 18.4 Å². The number of thiocarbonyl (C=S) groups is 1. The van der Waals surface area contributed by atoms with Crippen molar-refractivity contribution >= 4 is 57.1 Å². The molecule has 1 unspecified atom stereocenters. The van der Waals surface area contributed by atoms with Gasteiger partial charge in [0.25, 0.3) is 5.91 Å². The predicted octanol–water partition coefficient (Wildman–Crippen LogP) is 2.88. The predicted molar refractivity (Wildman–Crippen MR) is 128 cm³/mol. The van der Waals surface area contributed by atoms with Crippen LogP contribution in [0.25, 0.3) is 17.0 Å². The van der Waals surface area contributed by atoms with Gasteiger partial charge in [-0.3, -0.25) is 14.5 Å². The number of aromatic nitrogens is 1. The Hall–Kier alpha value is -2.20. The standard InChI is InChI=1S/C23H25N3O4S2/c27-21(24-7-10-29-11-8-24)15-25-13-16(18-5-1-2-6-19(18)25)12-20-22(28)26(23(31)32-20)14-17-4-3-9-30-17/h1-2,5-6,12-13,17H,3-4,7-11,14-15H2/b20-12-. The van der Waals surface area contributed by atoms with Crippen LogP contribution in [0.3, 0.4) is 0 Å². The molecule has 3 aliphatic heterocycles. The van der Waals surface area contributed by atoms with Crippen LogP contribution in [0, 0.1) is 0 Å². The number of carbonyl (C=O) groups excluding carboxylic acids is 2. The molecule has 168 valence electrons. The molecule has 3 aliphatic rings. The van der Waals surface area contributed by atoms with Crippen molar-refractivity contribution in [3.8, 4) is 0 Å². The van der Waals surface area contributed by atoms with E-state index in [0.717, 1.165) is 35.9 Å². The van der Waals surface area contributed by atoms with Crippen LogP contribution in [-0.2, 0) is 25.6 Å². The van der Waals surface area contributed by atoms with Crippen molar-refractivity contribution in [1.29, 1.82) is 0 Å². The molecule has 2 aromatic rings. The summed E-state index contributed by atoms with van der Waals surface area (Å²) in [6.45, 7) is 3.93. The fourth-order valence-electron chi connectivity index (χ4n) is 4.37. The van der Waals surface area contributed by atoms with Crippen molar-refractivity contribution in [2.45, 2.75) is 25.5 Å². The quantitative estimate of drug-likeness (QED) is 0.494. The van der Waals surface area contributed by atoms with E-state index in [1.807, 2.05) is 46.0 Å². The maximum absolute atomic E-state index is 13.0. The van der Waals surface area contributed by atoms with Crippen LogP contribution in [0.15, 0.2) is 35.4 Å². The van der Waals surface area contributed by atoms with Crippen LogP contribution in [0.4, 0.5) is 0 Å². The van der Waals surface area contributed by atoms with Gasteiger partial charge < -0.3 is 18.9 Å². The van der Waals surface area contributed by atoms with E-state index in [0.29, 0.717) is 42.1 Å². The Morgan fingerprint density at radius 3 is 2.81 bits per heavy atom. The van der Waals surface area contributed by atoms with Gasteiger partial charge in [0, 0.05) is 42.4 Å². The van der Waals surface area contributed by atoms with Crippen LogP contribution in [0.2, 0.25) is 0 Å². The lowest BCUT2D eigenvalue weighted by molar-refractivity contribution is -0.135. The van der Waals surface area contributed by atoms with Crippen molar-refractivity contribution in [1.82, 2.24) is 14.4 Å². The summed E-state index contributed by atoms with van der Waals surface area (Å²) in [7, 11) is 0. The second-order valence-electron chi connectivity index (χ2n) is 8.15. The number of rotatable bonds is 5. The first kappa shape index (κ1) is 21.6. The van der Waals surface area contributed by atoms with Gasteiger partial charge >= 0.3 is 0 Å². The zero-order valence-electron chi connectivity index (χ0n) is 17.7. The van der Waals surface area contributed by atoms with Gasteiger partial charge in [0.05, 0.1) is 30.8 Å². The number of thioether (sulfide) groups is 1. The molecule has 5 rings (SSSR count). The first-order chi connectivity index (χ1) is 15.6. The summed E-state index contributed by atoms with van der Waals surface area (Å²) in [5.41, 5.74) is 1.88. The Kier molecular flexibility index (Phi) is 6.32. The monoisotopic (exact) mass is 471 g/mol. The molecule has 0 radical (unpaired) electrons. The van der Waals surface area contributed by atoms with E-state index < -0.39 is 0 Å². The van der Waals surface area contributed by atoms with Crippen LogP contribution in [0.5, 0.6) is 0 Å². The minimum atomic E-state index is -0.0725. The molecular formula is C23H25N3O4S2. The van der Waals surface area contributed by atoms with Crippen molar-refractivity contribution in [2.75, 3.05) is 39.5 Å². The third-order valence-electron chi connectivity index (χ3n) is 6.06. The molecule has 9 heteroatoms. The summed E-state index contributed by atoms with van der Waals surface area (Å²) in [5.74, 6) is 0.000199. The second-order valence-corrected chi connectivity index (χ2v) is 9.83. The Bertz CT molecular complexity index is 1080. The van der Waals surface area contributed by atoms with Gasteiger partial charge in [0.15, 0.2) is 0 Å².